The molecule has 1 nitrogen and oxygen atoms in total. The van der Waals surface area contributed by atoms with Gasteiger partial charge < -0.3 is 5.32 Å². The molecule has 0 bridgehead atoms. The van der Waals surface area contributed by atoms with E-state index in [1.165, 1.54) is 19.3 Å². The lowest BCUT2D eigenvalue weighted by Crippen LogP contribution is -2.17. The van der Waals surface area contributed by atoms with Crippen LogP contribution >= 0.6 is 0 Å². The molecule has 2 rings (SSSR count). The van der Waals surface area contributed by atoms with Crippen molar-refractivity contribution in [1.29, 1.82) is 0 Å². The zero-order chi connectivity index (χ0) is 8.39. The lowest BCUT2D eigenvalue weighted by Gasteiger charge is -2.15. The molecule has 0 aliphatic heterocycles. The monoisotopic (exact) mass is 163 g/mol. The lowest BCUT2D eigenvalue weighted by atomic mass is 9.95. The van der Waals surface area contributed by atoms with Crippen molar-refractivity contribution in [2.45, 2.75) is 19.3 Å². The Kier molecular flexibility index (Phi) is 2.31. The first-order chi connectivity index (χ1) is 5.90. The largest absolute Gasteiger partial charge is 0.319 e. The molecule has 12 heavy (non-hydrogen) atoms. The van der Waals surface area contributed by atoms with Gasteiger partial charge in [-0.3, -0.25) is 0 Å². The van der Waals surface area contributed by atoms with Crippen LogP contribution in [-0.2, 0) is 0 Å². The number of rotatable bonds is 3. The maximum Gasteiger partial charge on any atom is 0.00143 e. The molecule has 2 aliphatic rings. The second-order valence-electron chi connectivity index (χ2n) is 3.89. The molecule has 0 aromatic carbocycles. The van der Waals surface area contributed by atoms with E-state index in [0.29, 0.717) is 0 Å². The van der Waals surface area contributed by atoms with Crippen LogP contribution in [0.5, 0.6) is 0 Å². The summed E-state index contributed by atoms with van der Waals surface area (Å²) in [5.74, 6) is 1.66. The Hall–Kier alpha value is -0.560. The average molecular weight is 163 g/mol. The second kappa shape index (κ2) is 3.44. The Bertz CT molecular complexity index is 211. The molecule has 1 N–H and O–H groups in total. The van der Waals surface area contributed by atoms with Gasteiger partial charge >= 0.3 is 0 Å². The van der Waals surface area contributed by atoms with Gasteiger partial charge in [-0.05, 0) is 43.7 Å². The Labute approximate surface area is 74.5 Å². The van der Waals surface area contributed by atoms with Crippen molar-refractivity contribution in [3.63, 3.8) is 0 Å². The number of hydrogen-bond acceptors (Lipinski definition) is 1. The molecule has 1 fully saturated rings. The summed E-state index contributed by atoms with van der Waals surface area (Å²) in [7, 11) is 2.02. The van der Waals surface area contributed by atoms with Crippen LogP contribution in [0.3, 0.4) is 0 Å². The van der Waals surface area contributed by atoms with Crippen LogP contribution < -0.4 is 5.32 Å². The second-order valence-corrected chi connectivity index (χ2v) is 3.89. The van der Waals surface area contributed by atoms with Crippen molar-refractivity contribution in [2.24, 2.45) is 11.8 Å². The Balaban J connectivity index is 1.87. The van der Waals surface area contributed by atoms with E-state index in [1.807, 2.05) is 7.05 Å². The molecule has 1 saturated carbocycles. The molecular weight excluding hydrogens is 146 g/mol. The highest BCUT2D eigenvalue weighted by Gasteiger charge is 2.25. The SMILES string of the molecule is CNCC1C=CC(C2CC2)=CC1. The van der Waals surface area contributed by atoms with Crippen molar-refractivity contribution in [2.75, 3.05) is 13.6 Å². The first-order valence-electron chi connectivity index (χ1n) is 4.93. The van der Waals surface area contributed by atoms with Crippen LogP contribution in [0.25, 0.3) is 0 Å². The van der Waals surface area contributed by atoms with Gasteiger partial charge in [-0.1, -0.05) is 18.2 Å². The Morgan fingerprint density at radius 2 is 2.33 bits per heavy atom. The summed E-state index contributed by atoms with van der Waals surface area (Å²) in [5.41, 5.74) is 1.60. The third-order valence-corrected chi connectivity index (χ3v) is 2.73. The normalized spacial score (nSPS) is 28.8. The van der Waals surface area contributed by atoms with Crippen LogP contribution in [-0.4, -0.2) is 13.6 Å². The molecule has 0 amide bonds. The standard InChI is InChI=1S/C11H17N/c1-12-8-9-2-4-10(5-3-9)11-6-7-11/h2,4-5,9,11-12H,3,6-8H2,1H3. The van der Waals surface area contributed by atoms with Gasteiger partial charge in [0.1, 0.15) is 0 Å². The predicted molar refractivity (Wildman–Crippen MR) is 52.0 cm³/mol. The molecule has 66 valence electrons. The van der Waals surface area contributed by atoms with Crippen LogP contribution in [0.2, 0.25) is 0 Å². The van der Waals surface area contributed by atoms with E-state index in [-0.39, 0.29) is 0 Å². The van der Waals surface area contributed by atoms with Crippen molar-refractivity contribution in [3.8, 4) is 0 Å². The zero-order valence-electron chi connectivity index (χ0n) is 7.72. The predicted octanol–water partition coefficient (Wildman–Crippen LogP) is 2.12. The molecule has 0 aromatic rings. The summed E-state index contributed by atoms with van der Waals surface area (Å²) in [6.45, 7) is 1.12. The number of hydrogen-bond donors (Lipinski definition) is 1. The van der Waals surface area contributed by atoms with Crippen LogP contribution in [0.1, 0.15) is 19.3 Å². The van der Waals surface area contributed by atoms with E-state index in [2.05, 4.69) is 23.5 Å². The van der Waals surface area contributed by atoms with Gasteiger partial charge in [0.05, 0.1) is 0 Å². The minimum Gasteiger partial charge on any atom is -0.319 e. The number of nitrogens with one attached hydrogen (secondary N) is 1. The van der Waals surface area contributed by atoms with Gasteiger partial charge in [0.25, 0.3) is 0 Å². The van der Waals surface area contributed by atoms with Crippen molar-refractivity contribution >= 4 is 0 Å². The van der Waals surface area contributed by atoms with Gasteiger partial charge in [-0.2, -0.15) is 0 Å². The van der Waals surface area contributed by atoms with Crippen molar-refractivity contribution in [1.82, 2.24) is 5.32 Å². The molecular formula is C11H17N. The minimum absolute atomic E-state index is 0.734. The van der Waals surface area contributed by atoms with Gasteiger partial charge in [0.15, 0.2) is 0 Å². The third-order valence-electron chi connectivity index (χ3n) is 2.73. The average Bonchev–Trinajstić information content (AvgIpc) is 2.89. The van der Waals surface area contributed by atoms with Crippen LogP contribution in [0, 0.1) is 11.8 Å². The van der Waals surface area contributed by atoms with E-state index in [4.69, 9.17) is 0 Å². The highest BCUT2D eigenvalue weighted by Crippen LogP contribution is 2.38. The fourth-order valence-corrected chi connectivity index (χ4v) is 1.81. The summed E-state index contributed by atoms with van der Waals surface area (Å²) in [6, 6.07) is 0. The fourth-order valence-electron chi connectivity index (χ4n) is 1.81. The molecule has 2 aliphatic carbocycles. The molecule has 0 saturated heterocycles. The van der Waals surface area contributed by atoms with E-state index in [1.54, 1.807) is 5.57 Å². The minimum atomic E-state index is 0.734. The van der Waals surface area contributed by atoms with E-state index < -0.39 is 0 Å². The van der Waals surface area contributed by atoms with Crippen molar-refractivity contribution in [3.05, 3.63) is 23.8 Å². The maximum absolute atomic E-state index is 3.22. The molecule has 1 heteroatoms. The summed E-state index contributed by atoms with van der Waals surface area (Å²) in [4.78, 5) is 0. The van der Waals surface area contributed by atoms with E-state index >= 15 is 0 Å². The first kappa shape index (κ1) is 8.06. The summed E-state index contributed by atoms with van der Waals surface area (Å²) in [6.07, 6.45) is 11.2. The highest BCUT2D eigenvalue weighted by molar-refractivity contribution is 5.29. The molecule has 0 spiro atoms. The molecule has 0 aromatic heterocycles. The molecule has 0 heterocycles. The Morgan fingerprint density at radius 1 is 1.50 bits per heavy atom. The van der Waals surface area contributed by atoms with E-state index in [0.717, 1.165) is 18.4 Å². The highest BCUT2D eigenvalue weighted by atomic mass is 14.8. The third kappa shape index (κ3) is 1.78. The zero-order valence-corrected chi connectivity index (χ0v) is 7.72. The van der Waals surface area contributed by atoms with Gasteiger partial charge in [0.2, 0.25) is 0 Å². The van der Waals surface area contributed by atoms with Crippen LogP contribution in [0.4, 0.5) is 0 Å². The quantitative estimate of drug-likeness (QED) is 0.672. The fraction of sp³-hybridized carbons (Fsp3) is 0.636. The number of allylic oxidation sites excluding steroid dienone is 3. The molecule has 0 radical (unpaired) electrons. The van der Waals surface area contributed by atoms with Gasteiger partial charge in [-0.15, -0.1) is 0 Å². The lowest BCUT2D eigenvalue weighted by molar-refractivity contribution is 0.597. The van der Waals surface area contributed by atoms with Gasteiger partial charge in [-0.25, -0.2) is 0 Å². The molecule has 1 atom stereocenters. The summed E-state index contributed by atoms with van der Waals surface area (Å²) < 4.78 is 0. The van der Waals surface area contributed by atoms with Crippen LogP contribution in [0.15, 0.2) is 23.8 Å². The summed E-state index contributed by atoms with van der Waals surface area (Å²) >= 11 is 0. The van der Waals surface area contributed by atoms with Gasteiger partial charge in [0, 0.05) is 6.54 Å². The van der Waals surface area contributed by atoms with E-state index in [9.17, 15) is 0 Å². The maximum atomic E-state index is 3.22. The smallest absolute Gasteiger partial charge is 0.00143 e. The Morgan fingerprint density at radius 3 is 2.83 bits per heavy atom. The molecule has 1 unspecified atom stereocenters. The topological polar surface area (TPSA) is 12.0 Å². The summed E-state index contributed by atoms with van der Waals surface area (Å²) in [5, 5.41) is 3.22. The first-order valence-corrected chi connectivity index (χ1v) is 4.93. The van der Waals surface area contributed by atoms with Crippen molar-refractivity contribution < 1.29 is 0 Å².